The summed E-state index contributed by atoms with van der Waals surface area (Å²) in [5.74, 6) is 2.25. The zero-order valence-corrected chi connectivity index (χ0v) is 12.7. The molecular formula is C16H22O6. The van der Waals surface area contributed by atoms with Crippen LogP contribution in [0.4, 0.5) is 0 Å². The van der Waals surface area contributed by atoms with Gasteiger partial charge < -0.3 is 20.4 Å². The van der Waals surface area contributed by atoms with Crippen LogP contribution in [0.3, 0.4) is 0 Å². The second-order valence-electron chi connectivity index (χ2n) is 5.72. The number of carbonyl (C=O) groups excluding carboxylic acids is 1. The van der Waals surface area contributed by atoms with Gasteiger partial charge in [0.05, 0.1) is 12.7 Å². The van der Waals surface area contributed by atoms with Crippen LogP contribution in [0, 0.1) is 23.2 Å². The number of aliphatic hydroxyl groups excluding tert-OH is 2. The van der Waals surface area contributed by atoms with Crippen molar-refractivity contribution in [3.05, 3.63) is 12.2 Å². The minimum atomic E-state index is -2.02. The van der Waals surface area contributed by atoms with Gasteiger partial charge in [-0.2, -0.15) is 0 Å². The van der Waals surface area contributed by atoms with Crippen molar-refractivity contribution < 1.29 is 30.0 Å². The van der Waals surface area contributed by atoms with Crippen LogP contribution in [0.25, 0.3) is 0 Å². The van der Waals surface area contributed by atoms with Crippen molar-refractivity contribution in [2.75, 3.05) is 6.61 Å². The number of aliphatic carboxylic acids is 1. The Morgan fingerprint density at radius 2 is 2.18 bits per heavy atom. The summed E-state index contributed by atoms with van der Waals surface area (Å²) >= 11 is 0. The Kier molecular flexibility index (Phi) is 5.89. The Labute approximate surface area is 129 Å². The molecule has 1 rings (SSSR count). The lowest BCUT2D eigenvalue weighted by atomic mass is 9.77. The van der Waals surface area contributed by atoms with Gasteiger partial charge in [-0.3, -0.25) is 9.59 Å². The monoisotopic (exact) mass is 310 g/mol. The lowest BCUT2D eigenvalue weighted by Crippen LogP contribution is -2.44. The lowest BCUT2D eigenvalue weighted by molar-refractivity contribution is -0.158. The number of hydrogen-bond acceptors (Lipinski definition) is 5. The zero-order valence-electron chi connectivity index (χ0n) is 12.7. The van der Waals surface area contributed by atoms with Gasteiger partial charge in [0.15, 0.2) is 11.2 Å². The number of Topliss-reactive ketones (excluding diaryl/α,β-unsaturated/α-hetero) is 1. The van der Waals surface area contributed by atoms with Crippen molar-refractivity contribution >= 4 is 11.8 Å². The van der Waals surface area contributed by atoms with E-state index in [2.05, 4.69) is 11.8 Å². The van der Waals surface area contributed by atoms with Crippen LogP contribution in [0.2, 0.25) is 0 Å². The van der Waals surface area contributed by atoms with Crippen LogP contribution in [-0.2, 0) is 9.59 Å². The van der Waals surface area contributed by atoms with E-state index >= 15 is 0 Å². The fourth-order valence-electron chi connectivity index (χ4n) is 2.60. The average molecular weight is 310 g/mol. The highest BCUT2D eigenvalue weighted by molar-refractivity contribution is 6.06. The zero-order chi connectivity index (χ0) is 17.0. The van der Waals surface area contributed by atoms with E-state index in [9.17, 15) is 30.0 Å². The molecule has 1 fully saturated rings. The molecule has 0 heterocycles. The first-order valence-electron chi connectivity index (χ1n) is 7.16. The first kappa shape index (κ1) is 18.4. The Morgan fingerprint density at radius 3 is 2.68 bits per heavy atom. The average Bonchev–Trinajstić information content (AvgIpc) is 2.68. The normalized spacial score (nSPS) is 30.9. The summed E-state index contributed by atoms with van der Waals surface area (Å²) in [6, 6.07) is 0. The van der Waals surface area contributed by atoms with Crippen LogP contribution >= 0.6 is 0 Å². The molecule has 6 heteroatoms. The van der Waals surface area contributed by atoms with Crippen molar-refractivity contribution in [1.82, 2.24) is 0 Å². The largest absolute Gasteiger partial charge is 0.480 e. The molecule has 0 spiro atoms. The molecule has 4 atom stereocenters. The fourth-order valence-corrected chi connectivity index (χ4v) is 2.60. The van der Waals surface area contributed by atoms with Crippen molar-refractivity contribution in [2.45, 2.75) is 44.8 Å². The Hall–Kier alpha value is -1.68. The van der Waals surface area contributed by atoms with Crippen LogP contribution in [0.5, 0.6) is 0 Å². The molecule has 1 aliphatic carbocycles. The second-order valence-corrected chi connectivity index (χ2v) is 5.72. The summed E-state index contributed by atoms with van der Waals surface area (Å²) in [5, 5.41) is 38.6. The SMILES string of the molecule is CCC#CC(C)(O)C/C=C/[C@H]1[C@H](O)CC(=O)C1(CO)C(=O)O. The van der Waals surface area contributed by atoms with Gasteiger partial charge in [0.2, 0.25) is 0 Å². The highest BCUT2D eigenvalue weighted by Crippen LogP contribution is 2.42. The predicted octanol–water partition coefficient (Wildman–Crippen LogP) is 0.110. The first-order chi connectivity index (χ1) is 10.2. The summed E-state index contributed by atoms with van der Waals surface area (Å²) in [4.78, 5) is 23.3. The van der Waals surface area contributed by atoms with Crippen LogP contribution < -0.4 is 0 Å². The van der Waals surface area contributed by atoms with Gasteiger partial charge >= 0.3 is 5.97 Å². The van der Waals surface area contributed by atoms with Gasteiger partial charge in [0.25, 0.3) is 0 Å². The van der Waals surface area contributed by atoms with E-state index in [1.54, 1.807) is 0 Å². The molecule has 122 valence electrons. The third-order valence-electron chi connectivity index (χ3n) is 3.90. The minimum Gasteiger partial charge on any atom is -0.480 e. The van der Waals surface area contributed by atoms with Crippen molar-refractivity contribution in [1.29, 1.82) is 0 Å². The van der Waals surface area contributed by atoms with Crippen molar-refractivity contribution in [2.24, 2.45) is 11.3 Å². The summed E-state index contributed by atoms with van der Waals surface area (Å²) in [5.41, 5.74) is -3.29. The third kappa shape index (κ3) is 3.55. The molecule has 1 saturated carbocycles. The van der Waals surface area contributed by atoms with Crippen LogP contribution in [0.1, 0.15) is 33.1 Å². The van der Waals surface area contributed by atoms with Gasteiger partial charge in [-0.1, -0.05) is 25.0 Å². The van der Waals surface area contributed by atoms with Gasteiger partial charge in [0, 0.05) is 25.2 Å². The number of ketones is 1. The highest BCUT2D eigenvalue weighted by atomic mass is 16.4. The van der Waals surface area contributed by atoms with E-state index in [4.69, 9.17) is 0 Å². The highest BCUT2D eigenvalue weighted by Gasteiger charge is 2.58. The molecule has 0 saturated heterocycles. The van der Waals surface area contributed by atoms with E-state index in [0.717, 1.165) is 0 Å². The summed E-state index contributed by atoms with van der Waals surface area (Å²) in [7, 11) is 0. The number of hydrogen-bond donors (Lipinski definition) is 4. The number of carboxylic acid groups (broad SMARTS) is 1. The number of rotatable bonds is 5. The molecule has 6 nitrogen and oxygen atoms in total. The number of carbonyl (C=O) groups is 2. The van der Waals surface area contributed by atoms with Crippen molar-refractivity contribution in [3.8, 4) is 11.8 Å². The topological polar surface area (TPSA) is 115 Å². The van der Waals surface area contributed by atoms with E-state index in [0.29, 0.717) is 6.42 Å². The maximum Gasteiger partial charge on any atom is 0.320 e. The van der Waals surface area contributed by atoms with E-state index in [1.807, 2.05) is 6.92 Å². The second kappa shape index (κ2) is 7.05. The molecule has 0 radical (unpaired) electrons. The first-order valence-corrected chi connectivity index (χ1v) is 7.16. The molecule has 4 N–H and O–H groups in total. The smallest absolute Gasteiger partial charge is 0.320 e. The molecule has 0 aromatic heterocycles. The van der Waals surface area contributed by atoms with E-state index in [1.165, 1.54) is 19.1 Å². The molecule has 0 bridgehead atoms. The summed E-state index contributed by atoms with van der Waals surface area (Å²) in [6.07, 6.45) is 2.11. The molecule has 0 aliphatic heterocycles. The Morgan fingerprint density at radius 1 is 1.55 bits per heavy atom. The molecule has 0 aromatic rings. The Bertz CT molecular complexity index is 524. The van der Waals surface area contributed by atoms with Crippen molar-refractivity contribution in [3.63, 3.8) is 0 Å². The molecular weight excluding hydrogens is 288 g/mol. The van der Waals surface area contributed by atoms with E-state index < -0.39 is 41.4 Å². The quantitative estimate of drug-likeness (QED) is 0.325. The maximum absolute atomic E-state index is 11.9. The van der Waals surface area contributed by atoms with Gasteiger partial charge in [-0.25, -0.2) is 0 Å². The van der Waals surface area contributed by atoms with E-state index in [-0.39, 0.29) is 12.8 Å². The minimum absolute atomic E-state index is 0.124. The molecule has 0 aromatic carbocycles. The maximum atomic E-state index is 11.9. The van der Waals surface area contributed by atoms with Gasteiger partial charge in [-0.05, 0) is 6.92 Å². The molecule has 22 heavy (non-hydrogen) atoms. The fraction of sp³-hybridized carbons (Fsp3) is 0.625. The molecule has 1 aliphatic rings. The summed E-state index contributed by atoms with van der Waals surface area (Å²) in [6.45, 7) is 2.49. The predicted molar refractivity (Wildman–Crippen MR) is 78.7 cm³/mol. The number of carboxylic acids is 1. The van der Waals surface area contributed by atoms with Crippen LogP contribution in [0.15, 0.2) is 12.2 Å². The van der Waals surface area contributed by atoms with Gasteiger partial charge in [0.1, 0.15) is 5.60 Å². The number of aliphatic hydroxyl groups is 3. The molecule has 2 unspecified atom stereocenters. The molecule has 0 amide bonds. The standard InChI is InChI=1S/C16H22O6/c1-3-4-7-15(2,22)8-5-6-11-12(18)9-13(19)16(11,10-17)14(20)21/h5-6,11-12,17-18,22H,3,8-10H2,1-2H3,(H,20,21)/b6-5+/t11-,12+,15?,16?/m0/s1. The third-order valence-corrected chi connectivity index (χ3v) is 3.90. The van der Waals surface area contributed by atoms with Gasteiger partial charge in [-0.15, -0.1) is 5.92 Å². The summed E-state index contributed by atoms with van der Waals surface area (Å²) < 4.78 is 0. The Balaban J connectivity index is 2.96. The lowest BCUT2D eigenvalue weighted by Gasteiger charge is -2.26. The van der Waals surface area contributed by atoms with Crippen LogP contribution in [-0.4, -0.2) is 50.5 Å².